The van der Waals surface area contributed by atoms with Crippen LogP contribution < -0.4 is 9.64 Å². The van der Waals surface area contributed by atoms with E-state index in [4.69, 9.17) is 16.3 Å². The summed E-state index contributed by atoms with van der Waals surface area (Å²) in [5.74, 6) is 2.12. The molecule has 1 saturated heterocycles. The molecule has 22 heavy (non-hydrogen) atoms. The van der Waals surface area contributed by atoms with Crippen LogP contribution in [0.2, 0.25) is 5.15 Å². The fraction of sp³-hybridized carbons (Fsp3) is 0.412. The van der Waals surface area contributed by atoms with Gasteiger partial charge < -0.3 is 9.64 Å². The first-order chi connectivity index (χ1) is 10.7. The van der Waals surface area contributed by atoms with Gasteiger partial charge in [0.1, 0.15) is 11.4 Å². The van der Waals surface area contributed by atoms with E-state index in [1.54, 1.807) is 0 Å². The predicted molar refractivity (Wildman–Crippen MR) is 87.1 cm³/mol. The topological polar surface area (TPSA) is 38.3 Å². The maximum absolute atomic E-state index is 6.21. The zero-order valence-electron chi connectivity index (χ0n) is 12.6. The molecule has 2 aromatic rings. The second-order valence-electron chi connectivity index (χ2n) is 6.07. The zero-order chi connectivity index (χ0) is 15.1. The van der Waals surface area contributed by atoms with Crippen LogP contribution in [0.4, 0.5) is 5.69 Å². The van der Waals surface area contributed by atoms with Gasteiger partial charge in [-0.25, -0.2) is 0 Å². The number of benzene rings is 1. The van der Waals surface area contributed by atoms with Gasteiger partial charge in [-0.15, -0.1) is 10.2 Å². The summed E-state index contributed by atoms with van der Waals surface area (Å²) in [6.45, 7) is 4.11. The van der Waals surface area contributed by atoms with Gasteiger partial charge in [0.05, 0.1) is 0 Å². The van der Waals surface area contributed by atoms with Crippen LogP contribution in [0.5, 0.6) is 11.6 Å². The lowest BCUT2D eigenvalue weighted by molar-refractivity contribution is 0.441. The standard InChI is InChI=1S/C17H18ClN3O/c1-11-4-2-5-13(12-6-7-12)16(11)22-17-14(21-8-3-9-21)10-15(18)19-20-17/h2,4-5,10,12H,3,6-9H2,1H3. The molecular weight excluding hydrogens is 298 g/mol. The number of hydrogen-bond acceptors (Lipinski definition) is 4. The van der Waals surface area contributed by atoms with Gasteiger partial charge in [0, 0.05) is 19.2 Å². The van der Waals surface area contributed by atoms with E-state index in [1.807, 2.05) is 6.07 Å². The molecule has 1 saturated carbocycles. The summed E-state index contributed by atoms with van der Waals surface area (Å²) in [6.07, 6.45) is 3.67. The molecule has 5 heteroatoms. The number of aryl methyl sites for hydroxylation is 1. The number of rotatable bonds is 4. The van der Waals surface area contributed by atoms with Gasteiger partial charge in [-0.1, -0.05) is 29.8 Å². The molecular formula is C17H18ClN3O. The number of hydrogen-bond donors (Lipinski definition) is 0. The first-order valence-corrected chi connectivity index (χ1v) is 8.16. The number of aromatic nitrogens is 2. The fourth-order valence-corrected chi connectivity index (χ4v) is 2.97. The largest absolute Gasteiger partial charge is 0.435 e. The molecule has 2 aliphatic rings. The molecule has 114 valence electrons. The van der Waals surface area contributed by atoms with Crippen LogP contribution in [-0.4, -0.2) is 23.3 Å². The Balaban J connectivity index is 1.72. The van der Waals surface area contributed by atoms with Crippen molar-refractivity contribution in [1.29, 1.82) is 0 Å². The monoisotopic (exact) mass is 315 g/mol. The summed E-state index contributed by atoms with van der Waals surface area (Å²) >= 11 is 6.01. The van der Waals surface area contributed by atoms with Gasteiger partial charge >= 0.3 is 0 Å². The van der Waals surface area contributed by atoms with E-state index in [1.165, 1.54) is 24.8 Å². The first-order valence-electron chi connectivity index (χ1n) is 7.78. The molecule has 0 N–H and O–H groups in total. The fourth-order valence-electron chi connectivity index (χ4n) is 2.83. The third-order valence-electron chi connectivity index (χ3n) is 4.37. The molecule has 0 atom stereocenters. The van der Waals surface area contributed by atoms with Crippen molar-refractivity contribution in [3.63, 3.8) is 0 Å². The smallest absolute Gasteiger partial charge is 0.262 e. The van der Waals surface area contributed by atoms with Crippen molar-refractivity contribution in [2.75, 3.05) is 18.0 Å². The van der Waals surface area contributed by atoms with E-state index in [0.717, 1.165) is 30.1 Å². The van der Waals surface area contributed by atoms with Gasteiger partial charge in [-0.3, -0.25) is 0 Å². The highest BCUT2D eigenvalue weighted by Gasteiger charge is 2.29. The predicted octanol–water partition coefficient (Wildman–Crippen LogP) is 4.32. The average molecular weight is 316 g/mol. The normalized spacial score (nSPS) is 17.3. The van der Waals surface area contributed by atoms with Crippen molar-refractivity contribution >= 4 is 17.3 Å². The maximum Gasteiger partial charge on any atom is 0.262 e. The molecule has 1 aliphatic carbocycles. The van der Waals surface area contributed by atoms with E-state index in [0.29, 0.717) is 17.0 Å². The molecule has 0 spiro atoms. The van der Waals surface area contributed by atoms with Crippen molar-refractivity contribution < 1.29 is 4.74 Å². The molecule has 1 aromatic heterocycles. The number of halogens is 1. The molecule has 4 nitrogen and oxygen atoms in total. The van der Waals surface area contributed by atoms with E-state index in [-0.39, 0.29) is 0 Å². The summed E-state index contributed by atoms with van der Waals surface area (Å²) in [4.78, 5) is 2.23. The Bertz CT molecular complexity index is 711. The number of para-hydroxylation sites is 1. The highest BCUT2D eigenvalue weighted by molar-refractivity contribution is 6.29. The van der Waals surface area contributed by atoms with Gasteiger partial charge in [-0.2, -0.15) is 0 Å². The average Bonchev–Trinajstić information content (AvgIpc) is 3.26. The number of ether oxygens (including phenoxy) is 1. The molecule has 1 aliphatic heterocycles. The molecule has 2 fully saturated rings. The SMILES string of the molecule is Cc1cccc(C2CC2)c1Oc1nnc(Cl)cc1N1CCC1. The van der Waals surface area contributed by atoms with Crippen molar-refractivity contribution in [3.05, 3.63) is 40.5 Å². The molecule has 2 heterocycles. The van der Waals surface area contributed by atoms with Crippen LogP contribution in [0.1, 0.15) is 36.3 Å². The first kappa shape index (κ1) is 13.8. The van der Waals surface area contributed by atoms with Gasteiger partial charge in [-0.05, 0) is 43.2 Å². The highest BCUT2D eigenvalue weighted by Crippen LogP contribution is 2.47. The summed E-state index contributed by atoms with van der Waals surface area (Å²) < 4.78 is 6.21. The summed E-state index contributed by atoms with van der Waals surface area (Å²) in [5, 5.41) is 8.56. The minimum absolute atomic E-state index is 0.404. The third kappa shape index (κ3) is 2.52. The Hall–Kier alpha value is -1.81. The van der Waals surface area contributed by atoms with E-state index < -0.39 is 0 Å². The Labute approximate surface area is 135 Å². The maximum atomic E-state index is 6.21. The minimum atomic E-state index is 0.404. The van der Waals surface area contributed by atoms with E-state index >= 15 is 0 Å². The summed E-state index contributed by atoms with van der Waals surface area (Å²) in [6, 6.07) is 8.18. The number of anilines is 1. The molecule has 0 unspecified atom stereocenters. The van der Waals surface area contributed by atoms with Crippen LogP contribution in [0.3, 0.4) is 0 Å². The second-order valence-corrected chi connectivity index (χ2v) is 6.45. The lowest BCUT2D eigenvalue weighted by Crippen LogP contribution is -2.37. The summed E-state index contributed by atoms with van der Waals surface area (Å²) in [5.41, 5.74) is 3.36. The third-order valence-corrected chi connectivity index (χ3v) is 4.55. The van der Waals surface area contributed by atoms with Crippen molar-refractivity contribution in [1.82, 2.24) is 10.2 Å². The molecule has 0 bridgehead atoms. The lowest BCUT2D eigenvalue weighted by Gasteiger charge is -2.33. The molecule has 0 amide bonds. The van der Waals surface area contributed by atoms with Crippen LogP contribution in [-0.2, 0) is 0 Å². The Morgan fingerprint density at radius 3 is 2.73 bits per heavy atom. The van der Waals surface area contributed by atoms with Crippen molar-refractivity contribution in [2.45, 2.75) is 32.1 Å². The summed E-state index contributed by atoms with van der Waals surface area (Å²) in [7, 11) is 0. The van der Waals surface area contributed by atoms with E-state index in [9.17, 15) is 0 Å². The van der Waals surface area contributed by atoms with Crippen LogP contribution in [0, 0.1) is 6.92 Å². The molecule has 0 radical (unpaired) electrons. The van der Waals surface area contributed by atoms with Gasteiger partial charge in [0.2, 0.25) is 0 Å². The Morgan fingerprint density at radius 2 is 2.05 bits per heavy atom. The minimum Gasteiger partial charge on any atom is -0.435 e. The quantitative estimate of drug-likeness (QED) is 0.842. The van der Waals surface area contributed by atoms with Crippen molar-refractivity contribution in [3.8, 4) is 11.6 Å². The molecule has 4 rings (SSSR count). The molecule has 1 aromatic carbocycles. The van der Waals surface area contributed by atoms with E-state index in [2.05, 4.69) is 40.2 Å². The van der Waals surface area contributed by atoms with Crippen LogP contribution in [0.25, 0.3) is 0 Å². The Kier molecular flexibility index (Phi) is 3.41. The van der Waals surface area contributed by atoms with Gasteiger partial charge in [0.25, 0.3) is 5.88 Å². The highest BCUT2D eigenvalue weighted by atomic mass is 35.5. The van der Waals surface area contributed by atoms with Crippen LogP contribution >= 0.6 is 11.6 Å². The van der Waals surface area contributed by atoms with Crippen LogP contribution in [0.15, 0.2) is 24.3 Å². The Morgan fingerprint density at radius 1 is 1.23 bits per heavy atom. The second kappa shape index (κ2) is 5.43. The van der Waals surface area contributed by atoms with Crippen molar-refractivity contribution in [2.24, 2.45) is 0 Å². The lowest BCUT2D eigenvalue weighted by atomic mass is 10.1. The zero-order valence-corrected chi connectivity index (χ0v) is 13.3. The van der Waals surface area contributed by atoms with Gasteiger partial charge in [0.15, 0.2) is 5.15 Å². The number of nitrogens with zero attached hydrogens (tertiary/aromatic N) is 3.